The van der Waals surface area contributed by atoms with Gasteiger partial charge in [0.15, 0.2) is 0 Å². The highest BCUT2D eigenvalue weighted by Gasteiger charge is 2.54. The van der Waals surface area contributed by atoms with E-state index in [1.807, 2.05) is 10.8 Å². The van der Waals surface area contributed by atoms with E-state index in [0.29, 0.717) is 17.9 Å². The minimum absolute atomic E-state index is 0.0365. The summed E-state index contributed by atoms with van der Waals surface area (Å²) < 4.78 is 1.83. The van der Waals surface area contributed by atoms with Gasteiger partial charge in [0, 0.05) is 31.5 Å². The van der Waals surface area contributed by atoms with Crippen LogP contribution in [0.5, 0.6) is 0 Å². The summed E-state index contributed by atoms with van der Waals surface area (Å²) >= 11 is 0. The first-order chi connectivity index (χ1) is 5.88. The second-order valence-corrected chi connectivity index (χ2v) is 3.65. The van der Waals surface area contributed by atoms with Gasteiger partial charge in [-0.05, 0) is 11.8 Å². The molecule has 12 heavy (non-hydrogen) atoms. The Balaban J connectivity index is 1.94. The van der Waals surface area contributed by atoms with Gasteiger partial charge in [-0.3, -0.25) is 4.57 Å². The Morgan fingerprint density at radius 2 is 2.17 bits per heavy atom. The van der Waals surface area contributed by atoms with Crippen LogP contribution in [0.1, 0.15) is 6.04 Å². The summed E-state index contributed by atoms with van der Waals surface area (Å²) in [5.74, 6) is 1.41. The molecule has 2 fully saturated rings. The van der Waals surface area contributed by atoms with Crippen molar-refractivity contribution in [2.45, 2.75) is 6.04 Å². The van der Waals surface area contributed by atoms with Crippen LogP contribution in [0.4, 0.5) is 0 Å². The number of fused-ring (bicyclic) bond motifs is 1. The van der Waals surface area contributed by atoms with E-state index in [1.165, 1.54) is 0 Å². The molecule has 0 radical (unpaired) electrons. The summed E-state index contributed by atoms with van der Waals surface area (Å²) in [6, 6.07) is 0.477. The molecule has 2 N–H and O–H groups in total. The third-order valence-electron chi connectivity index (χ3n) is 3.04. The molecule has 0 amide bonds. The highest BCUT2D eigenvalue weighted by Crippen LogP contribution is 2.51. The average molecular weight is 165 g/mol. The SMILES string of the molecule is O=c1[nH]ccn1C1C2CNCC21. The summed E-state index contributed by atoms with van der Waals surface area (Å²) in [5.41, 5.74) is 0.0365. The zero-order chi connectivity index (χ0) is 8.13. The van der Waals surface area contributed by atoms with E-state index in [1.54, 1.807) is 6.20 Å². The van der Waals surface area contributed by atoms with Crippen LogP contribution in [0.25, 0.3) is 0 Å². The maximum atomic E-state index is 11.2. The molecule has 0 spiro atoms. The Kier molecular flexibility index (Phi) is 1.09. The predicted octanol–water partition coefficient (Wildman–Crippen LogP) is -0.433. The van der Waals surface area contributed by atoms with E-state index in [2.05, 4.69) is 10.3 Å². The highest BCUT2D eigenvalue weighted by atomic mass is 16.1. The minimum Gasteiger partial charge on any atom is -0.316 e. The fraction of sp³-hybridized carbons (Fsp3) is 0.625. The molecule has 1 saturated heterocycles. The van der Waals surface area contributed by atoms with E-state index in [0.717, 1.165) is 13.1 Å². The Hall–Kier alpha value is -1.03. The quantitative estimate of drug-likeness (QED) is 0.593. The molecule has 4 nitrogen and oxygen atoms in total. The summed E-state index contributed by atoms with van der Waals surface area (Å²) in [6.07, 6.45) is 3.56. The van der Waals surface area contributed by atoms with Crippen LogP contribution in [0, 0.1) is 11.8 Å². The van der Waals surface area contributed by atoms with Crippen LogP contribution in [0.3, 0.4) is 0 Å². The van der Waals surface area contributed by atoms with Gasteiger partial charge < -0.3 is 10.3 Å². The zero-order valence-electron chi connectivity index (χ0n) is 6.66. The Morgan fingerprint density at radius 3 is 2.75 bits per heavy atom. The van der Waals surface area contributed by atoms with Crippen molar-refractivity contribution >= 4 is 0 Å². The van der Waals surface area contributed by atoms with E-state index >= 15 is 0 Å². The van der Waals surface area contributed by atoms with Gasteiger partial charge >= 0.3 is 5.69 Å². The molecule has 0 bridgehead atoms. The van der Waals surface area contributed by atoms with Crippen molar-refractivity contribution in [2.24, 2.45) is 11.8 Å². The lowest BCUT2D eigenvalue weighted by atomic mass is 10.4. The second-order valence-electron chi connectivity index (χ2n) is 3.65. The van der Waals surface area contributed by atoms with Crippen molar-refractivity contribution in [3.8, 4) is 0 Å². The van der Waals surface area contributed by atoms with Crippen molar-refractivity contribution in [3.05, 3.63) is 22.9 Å². The van der Waals surface area contributed by atoms with Crippen molar-refractivity contribution < 1.29 is 0 Å². The Labute approximate surface area is 69.6 Å². The minimum atomic E-state index is 0.0365. The van der Waals surface area contributed by atoms with Gasteiger partial charge in [0.25, 0.3) is 0 Å². The Bertz CT molecular complexity index is 343. The summed E-state index contributed by atoms with van der Waals surface area (Å²) in [5, 5.41) is 3.31. The maximum Gasteiger partial charge on any atom is 0.325 e. The fourth-order valence-corrected chi connectivity index (χ4v) is 2.36. The van der Waals surface area contributed by atoms with E-state index in [4.69, 9.17) is 0 Å². The number of H-pyrrole nitrogens is 1. The number of aromatic amines is 1. The monoisotopic (exact) mass is 165 g/mol. The summed E-state index contributed by atoms with van der Waals surface area (Å²) in [4.78, 5) is 13.9. The van der Waals surface area contributed by atoms with Crippen molar-refractivity contribution in [3.63, 3.8) is 0 Å². The third kappa shape index (κ3) is 0.679. The number of piperidine rings is 1. The molecule has 4 heteroatoms. The van der Waals surface area contributed by atoms with Crippen LogP contribution in [0.15, 0.2) is 17.2 Å². The van der Waals surface area contributed by atoms with Gasteiger partial charge in [0.2, 0.25) is 0 Å². The molecule has 64 valence electrons. The lowest BCUT2D eigenvalue weighted by Crippen LogP contribution is -2.22. The van der Waals surface area contributed by atoms with Gasteiger partial charge in [0.05, 0.1) is 0 Å². The molecule has 2 aliphatic rings. The molecule has 2 unspecified atom stereocenters. The van der Waals surface area contributed by atoms with Crippen molar-refractivity contribution in [1.82, 2.24) is 14.9 Å². The summed E-state index contributed by atoms with van der Waals surface area (Å²) in [7, 11) is 0. The van der Waals surface area contributed by atoms with Crippen LogP contribution >= 0.6 is 0 Å². The number of rotatable bonds is 1. The molecular formula is C8H11N3O. The molecule has 3 rings (SSSR count). The molecule has 0 aromatic carbocycles. The molecule has 1 aliphatic carbocycles. The number of imidazole rings is 1. The number of nitrogens with zero attached hydrogens (tertiary/aromatic N) is 1. The van der Waals surface area contributed by atoms with Crippen LogP contribution in [-0.4, -0.2) is 22.6 Å². The van der Waals surface area contributed by atoms with Crippen LogP contribution in [0.2, 0.25) is 0 Å². The second kappa shape index (κ2) is 2.01. The van der Waals surface area contributed by atoms with Gasteiger partial charge in [-0.1, -0.05) is 0 Å². The first-order valence-corrected chi connectivity index (χ1v) is 4.34. The maximum absolute atomic E-state index is 11.2. The fourth-order valence-electron chi connectivity index (χ4n) is 2.36. The number of aromatic nitrogens is 2. The molecule has 1 saturated carbocycles. The Morgan fingerprint density at radius 1 is 1.42 bits per heavy atom. The smallest absolute Gasteiger partial charge is 0.316 e. The summed E-state index contributed by atoms with van der Waals surface area (Å²) in [6.45, 7) is 2.15. The molecule has 1 aromatic heterocycles. The van der Waals surface area contributed by atoms with Crippen molar-refractivity contribution in [1.29, 1.82) is 0 Å². The average Bonchev–Trinajstić information content (AvgIpc) is 2.56. The number of hydrogen-bond donors (Lipinski definition) is 2. The van der Waals surface area contributed by atoms with Crippen LogP contribution in [-0.2, 0) is 0 Å². The third-order valence-corrected chi connectivity index (χ3v) is 3.04. The molecule has 1 aliphatic heterocycles. The molecule has 1 aromatic rings. The predicted molar refractivity (Wildman–Crippen MR) is 43.9 cm³/mol. The van der Waals surface area contributed by atoms with E-state index in [9.17, 15) is 4.79 Å². The first kappa shape index (κ1) is 6.48. The molecule has 2 heterocycles. The standard InChI is InChI=1S/C8H11N3O/c12-8-10-1-2-11(8)7-5-3-9-4-6(5)7/h1-2,5-7,9H,3-4H2,(H,10,12). The molecular weight excluding hydrogens is 154 g/mol. The van der Waals surface area contributed by atoms with Gasteiger partial charge in [-0.25, -0.2) is 4.79 Å². The molecule has 2 atom stereocenters. The zero-order valence-corrected chi connectivity index (χ0v) is 6.66. The highest BCUT2D eigenvalue weighted by molar-refractivity contribution is 5.08. The van der Waals surface area contributed by atoms with Crippen LogP contribution < -0.4 is 11.0 Å². The number of nitrogens with one attached hydrogen (secondary N) is 2. The lowest BCUT2D eigenvalue weighted by molar-refractivity contribution is 0.557. The van der Waals surface area contributed by atoms with E-state index in [-0.39, 0.29) is 5.69 Å². The normalized spacial score (nSPS) is 38.2. The van der Waals surface area contributed by atoms with Gasteiger partial charge in [-0.2, -0.15) is 0 Å². The largest absolute Gasteiger partial charge is 0.325 e. The lowest BCUT2D eigenvalue weighted by Gasteiger charge is -2.03. The van der Waals surface area contributed by atoms with E-state index < -0.39 is 0 Å². The number of hydrogen-bond acceptors (Lipinski definition) is 2. The first-order valence-electron chi connectivity index (χ1n) is 4.34. The van der Waals surface area contributed by atoms with Crippen molar-refractivity contribution in [2.75, 3.05) is 13.1 Å². The topological polar surface area (TPSA) is 49.8 Å². The van der Waals surface area contributed by atoms with Gasteiger partial charge in [0.1, 0.15) is 0 Å². The van der Waals surface area contributed by atoms with Gasteiger partial charge in [-0.15, -0.1) is 0 Å².